The predicted octanol–water partition coefficient (Wildman–Crippen LogP) is 33.3. The average Bonchev–Trinajstić information content (AvgIpc) is 0.783. The van der Waals surface area contributed by atoms with E-state index in [4.69, 9.17) is 28.4 Å². The van der Waals surface area contributed by atoms with Gasteiger partial charge in [-0.15, -0.1) is 0 Å². The summed E-state index contributed by atoms with van der Waals surface area (Å²) < 4.78 is 35.2. The topological polar surface area (TPSA) is 84.5 Å². The van der Waals surface area contributed by atoms with Crippen LogP contribution in [0.1, 0.15) is 41.5 Å². The second-order valence-electron chi connectivity index (χ2n) is 36.6. The van der Waals surface area contributed by atoms with E-state index < -0.39 is 0 Å². The summed E-state index contributed by atoms with van der Waals surface area (Å²) in [6.07, 6.45) is 0. The van der Waals surface area contributed by atoms with Crippen molar-refractivity contribution < 1.29 is 28.4 Å². The van der Waals surface area contributed by atoms with E-state index in [9.17, 15) is 0 Å². The molecule has 18 aromatic rings. The Morgan fingerprint density at radius 1 is 0.150 bits per heavy atom. The average molecular weight is 1940 g/mol. The number of ether oxygens (including phenoxy) is 6. The molecule has 0 amide bonds. The lowest BCUT2D eigenvalue weighted by Gasteiger charge is -2.28. The van der Waals surface area contributed by atoms with Crippen LogP contribution in [0.2, 0.25) is 0 Å². The number of benzene rings is 18. The maximum Gasteiger partial charge on any atom is 0.142 e. The largest absolute Gasteiger partial charge is 0.497 e. The summed E-state index contributed by atoms with van der Waals surface area (Å²) in [5.74, 6) is 4.47. The quantitative estimate of drug-likeness (QED) is 0.0373. The highest BCUT2D eigenvalue weighted by atomic mass is 16.5. The highest BCUT2D eigenvalue weighted by Gasteiger charge is 2.26. The molecule has 0 aromatic heterocycles. The fourth-order valence-electron chi connectivity index (χ4n) is 19.1. The van der Waals surface area contributed by atoms with Gasteiger partial charge in [0.15, 0.2) is 0 Å². The molecule has 0 unspecified atom stereocenters. The maximum atomic E-state index is 5.91. The van der Waals surface area contributed by atoms with E-state index >= 15 is 0 Å². The Balaban J connectivity index is 0.000000178. The lowest BCUT2D eigenvalue weighted by Crippen LogP contribution is -2.21. The number of rotatable bonds is 36. The summed E-state index contributed by atoms with van der Waals surface area (Å²) in [6, 6.07) is 148. The third-order valence-electron chi connectivity index (χ3n) is 27.3. The van der Waals surface area contributed by atoms with Crippen molar-refractivity contribution in [2.24, 2.45) is 0 Å². The van der Waals surface area contributed by atoms with Gasteiger partial charge in [-0.05, 0) is 378 Å². The zero-order valence-corrected chi connectivity index (χ0v) is 88.1. The van der Waals surface area contributed by atoms with E-state index in [0.29, 0.717) is 0 Å². The second kappa shape index (κ2) is 48.8. The van der Waals surface area contributed by atoms with Gasteiger partial charge in [0.1, 0.15) is 34.5 Å². The van der Waals surface area contributed by atoms with Crippen LogP contribution >= 0.6 is 0 Å². The predicted molar refractivity (Wildman–Crippen MR) is 625 cm³/mol. The van der Waals surface area contributed by atoms with Crippen LogP contribution in [-0.2, 0) is 0 Å². The van der Waals surface area contributed by atoms with Gasteiger partial charge in [-0.3, -0.25) is 0 Å². The number of hydrogen-bond acceptors (Lipinski definition) is 15. The lowest BCUT2D eigenvalue weighted by atomic mass is 9.93. The first-order valence-electron chi connectivity index (χ1n) is 50.6. The van der Waals surface area contributed by atoms with Crippen molar-refractivity contribution in [1.29, 1.82) is 0 Å². The Morgan fingerprint density at radius 2 is 0.327 bits per heavy atom. The summed E-state index contributed by atoms with van der Waals surface area (Å²) in [7, 11) is 22.6. The SMILES string of the molecule is CCN(CC)c1ccc(-c2cc(-c3ccc(N(CC)CC)cc3)cc(-c3ccc(N(CC)CC)cc3)c2)cc1.CN(C)c1ccc(-c2cc(-c3ccc(N(C)C)cc3)cc(-c3ccc(N(C)C)cc3)c2)cc1.COc1cccc(N(c2ccc(-c3cc(-c4ccc(N(c5ccccc5OC)c5ccccc5OC)cc4)cc(-c4ccc(N(c5ccccc5OC)c5ccccc5OC)cc4)c3)cc2)c2ccccc2OC)c1. The molecule has 0 saturated carbocycles. The Bertz CT molecular complexity index is 6730. The van der Waals surface area contributed by atoms with Crippen LogP contribution in [-0.4, -0.2) is 124 Å². The molecule has 15 nitrogen and oxygen atoms in total. The smallest absolute Gasteiger partial charge is 0.142 e. The van der Waals surface area contributed by atoms with E-state index in [1.54, 1.807) is 42.7 Å². The van der Waals surface area contributed by atoms with E-state index in [1.165, 1.54) is 101 Å². The zero-order valence-electron chi connectivity index (χ0n) is 88.1. The molecule has 147 heavy (non-hydrogen) atoms. The molecule has 0 spiro atoms. The van der Waals surface area contributed by atoms with Crippen molar-refractivity contribution in [1.82, 2.24) is 0 Å². The fraction of sp³-hybridized carbons (Fsp3) is 0.182. The minimum absolute atomic E-state index is 0.741. The molecular weight excluding hydrogens is 1810 g/mol. The van der Waals surface area contributed by atoms with Gasteiger partial charge in [0.25, 0.3) is 0 Å². The number of methoxy groups -OCH3 is 6. The highest BCUT2D eigenvalue weighted by molar-refractivity contribution is 5.92. The first-order chi connectivity index (χ1) is 71.8. The molecule has 744 valence electrons. The van der Waals surface area contributed by atoms with Crippen molar-refractivity contribution in [2.75, 3.05) is 168 Å². The lowest BCUT2D eigenvalue weighted by molar-refractivity contribution is 0.412. The van der Waals surface area contributed by atoms with Crippen LogP contribution < -0.4 is 72.5 Å². The molecule has 15 heteroatoms. The Morgan fingerprint density at radius 3 is 0.510 bits per heavy atom. The van der Waals surface area contributed by atoms with Crippen molar-refractivity contribution in [2.45, 2.75) is 41.5 Å². The van der Waals surface area contributed by atoms with Crippen LogP contribution in [0.25, 0.3) is 100 Å². The first-order valence-corrected chi connectivity index (χ1v) is 50.6. The summed E-state index contributed by atoms with van der Waals surface area (Å²) in [4.78, 5) is 20.1. The van der Waals surface area contributed by atoms with E-state index in [-0.39, 0.29) is 0 Å². The monoisotopic (exact) mass is 1940 g/mol. The van der Waals surface area contributed by atoms with Crippen LogP contribution in [0.5, 0.6) is 34.5 Å². The molecule has 0 saturated heterocycles. The molecule has 0 N–H and O–H groups in total. The van der Waals surface area contributed by atoms with E-state index in [0.717, 1.165) is 158 Å². The molecule has 18 aromatic carbocycles. The standard InChI is InChI=1S/C66H57N3O6.C36H45N3.C30H33N3/c1-70-56-19-17-18-55(45-56)67(57-20-7-12-25-62(57)71-2)52-36-30-46(31-37-52)49-42-50(47-32-38-53(39-33-47)68(58-21-8-13-26-63(58)72-3)59-22-9-14-27-64(59)73-4)44-51(43-49)48-34-40-54(41-35-48)69(60-23-10-15-28-65(60)74-5)61-24-11-16-29-66(61)75-6;1-7-37(8-2)34-19-13-28(14-20-34)31-25-32(29-15-21-35(22-16-29)38(9-3)10-4)27-33(26-31)30-17-23-36(24-18-30)39(11-5)12-6;1-31(2)28-13-7-22(8-14-28)25-19-26(23-9-15-29(16-10-23)32(3)4)21-27(20-25)24-11-17-30(18-12-24)33(5)6/h7-45H,1-6H3;13-27H,7-12H2,1-6H3;7-21H,1-6H3. The van der Waals surface area contributed by atoms with Crippen molar-refractivity contribution in [3.8, 4) is 135 Å². The summed E-state index contributed by atoms with van der Waals surface area (Å²) in [6.45, 7) is 19.4. The minimum Gasteiger partial charge on any atom is -0.497 e. The number of hydrogen-bond donors (Lipinski definition) is 0. The molecule has 0 aliphatic rings. The number of para-hydroxylation sites is 10. The molecule has 0 radical (unpaired) electrons. The molecule has 0 aliphatic carbocycles. The number of anilines is 15. The third kappa shape index (κ3) is 24.1. The van der Waals surface area contributed by atoms with Gasteiger partial charge in [-0.1, -0.05) is 176 Å². The maximum absolute atomic E-state index is 5.91. The van der Waals surface area contributed by atoms with Gasteiger partial charge >= 0.3 is 0 Å². The van der Waals surface area contributed by atoms with Gasteiger partial charge in [-0.2, -0.15) is 0 Å². The number of nitrogens with zero attached hydrogens (tertiary/aromatic N) is 9. The summed E-state index contributed by atoms with van der Waals surface area (Å²) in [5.41, 5.74) is 36.8. The van der Waals surface area contributed by atoms with Gasteiger partial charge < -0.3 is 72.5 Å². The van der Waals surface area contributed by atoms with Crippen molar-refractivity contribution >= 4 is 85.3 Å². The van der Waals surface area contributed by atoms with E-state index in [1.807, 2.05) is 109 Å². The third-order valence-corrected chi connectivity index (χ3v) is 27.3. The summed E-state index contributed by atoms with van der Waals surface area (Å²) >= 11 is 0. The van der Waals surface area contributed by atoms with Crippen LogP contribution in [0, 0.1) is 0 Å². The van der Waals surface area contributed by atoms with Crippen molar-refractivity contribution in [3.05, 3.63) is 419 Å². The Kier molecular flexibility index (Phi) is 34.2. The first kappa shape index (κ1) is 103. The molecule has 0 heterocycles. The van der Waals surface area contributed by atoms with E-state index in [2.05, 4.69) is 437 Å². The highest BCUT2D eigenvalue weighted by Crippen LogP contribution is 2.50. The van der Waals surface area contributed by atoms with Crippen LogP contribution in [0.3, 0.4) is 0 Å². The van der Waals surface area contributed by atoms with Gasteiger partial charge in [-0.25, -0.2) is 0 Å². The normalized spacial score (nSPS) is 10.8. The molecule has 0 fully saturated rings. The molecule has 18 rings (SSSR count). The zero-order chi connectivity index (χ0) is 103. The van der Waals surface area contributed by atoms with Crippen LogP contribution in [0.15, 0.2) is 419 Å². The Hall–Kier alpha value is -17.0. The Labute approximate surface area is 871 Å². The van der Waals surface area contributed by atoms with Crippen molar-refractivity contribution in [3.63, 3.8) is 0 Å². The fourth-order valence-corrected chi connectivity index (χ4v) is 19.1. The molecule has 0 aliphatic heterocycles. The van der Waals surface area contributed by atoms with Crippen LogP contribution in [0.4, 0.5) is 85.3 Å². The van der Waals surface area contributed by atoms with Gasteiger partial charge in [0, 0.05) is 144 Å². The molecule has 0 atom stereocenters. The summed E-state index contributed by atoms with van der Waals surface area (Å²) in [5, 5.41) is 0. The molecular formula is C132H135N9O6. The van der Waals surface area contributed by atoms with Gasteiger partial charge in [0.2, 0.25) is 0 Å². The second-order valence-corrected chi connectivity index (χ2v) is 36.6. The van der Waals surface area contributed by atoms with Gasteiger partial charge in [0.05, 0.1) is 71.1 Å². The minimum atomic E-state index is 0.741. The molecule has 0 bridgehead atoms.